The highest BCUT2D eigenvalue weighted by molar-refractivity contribution is 5.66. The van der Waals surface area contributed by atoms with Gasteiger partial charge in [0.25, 0.3) is 0 Å². The Morgan fingerprint density at radius 1 is 1.43 bits per heavy atom. The predicted molar refractivity (Wildman–Crippen MR) is 42.9 cm³/mol. The minimum absolute atomic E-state index is 0.0494. The minimum atomic E-state index is -4.21. The molecule has 1 saturated heterocycles. The lowest BCUT2D eigenvalue weighted by molar-refractivity contribution is -0.152. The number of hydrogen-bond donors (Lipinski definition) is 2. The second-order valence-corrected chi connectivity index (χ2v) is 3.47. The SMILES string of the molecule is O=C(O)CCC1CCC(C(F)(F)F)N1. The number of rotatable bonds is 3. The summed E-state index contributed by atoms with van der Waals surface area (Å²) in [6.07, 6.45) is -3.58. The molecule has 6 heteroatoms. The van der Waals surface area contributed by atoms with Gasteiger partial charge in [-0.05, 0) is 19.3 Å². The third-order valence-electron chi connectivity index (χ3n) is 2.34. The summed E-state index contributed by atoms with van der Waals surface area (Å²) in [5.74, 6) is -0.970. The van der Waals surface area contributed by atoms with Crippen LogP contribution in [0.25, 0.3) is 0 Å². The minimum Gasteiger partial charge on any atom is -0.481 e. The molecule has 82 valence electrons. The van der Waals surface area contributed by atoms with E-state index in [1.165, 1.54) is 0 Å². The van der Waals surface area contributed by atoms with Crippen LogP contribution in [0.15, 0.2) is 0 Å². The highest BCUT2D eigenvalue weighted by atomic mass is 19.4. The summed E-state index contributed by atoms with van der Waals surface area (Å²) in [4.78, 5) is 10.2. The van der Waals surface area contributed by atoms with Crippen molar-refractivity contribution in [1.29, 1.82) is 0 Å². The molecule has 1 fully saturated rings. The van der Waals surface area contributed by atoms with Crippen LogP contribution in [0.2, 0.25) is 0 Å². The Balaban J connectivity index is 2.31. The summed E-state index contributed by atoms with van der Waals surface area (Å²) in [5.41, 5.74) is 0. The summed E-state index contributed by atoms with van der Waals surface area (Å²) in [6.45, 7) is 0. The fourth-order valence-corrected chi connectivity index (χ4v) is 1.60. The van der Waals surface area contributed by atoms with E-state index in [2.05, 4.69) is 5.32 Å². The van der Waals surface area contributed by atoms with Gasteiger partial charge in [0.05, 0.1) is 0 Å². The average molecular weight is 211 g/mol. The topological polar surface area (TPSA) is 49.3 Å². The van der Waals surface area contributed by atoms with E-state index in [1.807, 2.05) is 0 Å². The van der Waals surface area contributed by atoms with E-state index in [0.717, 1.165) is 0 Å². The van der Waals surface area contributed by atoms with Gasteiger partial charge in [-0.1, -0.05) is 0 Å². The third kappa shape index (κ3) is 3.17. The molecule has 1 heterocycles. The number of carboxylic acids is 1. The van der Waals surface area contributed by atoms with Gasteiger partial charge in [-0.3, -0.25) is 4.79 Å². The summed E-state index contributed by atoms with van der Waals surface area (Å²) >= 11 is 0. The van der Waals surface area contributed by atoms with Crippen LogP contribution >= 0.6 is 0 Å². The first kappa shape index (κ1) is 11.3. The Bertz CT molecular complexity index is 217. The van der Waals surface area contributed by atoms with Crippen molar-refractivity contribution in [3.63, 3.8) is 0 Å². The van der Waals surface area contributed by atoms with E-state index in [4.69, 9.17) is 5.11 Å². The van der Waals surface area contributed by atoms with Gasteiger partial charge in [-0.15, -0.1) is 0 Å². The van der Waals surface area contributed by atoms with Crippen LogP contribution in [0, 0.1) is 0 Å². The molecule has 2 N–H and O–H groups in total. The molecule has 0 bridgehead atoms. The average Bonchev–Trinajstić information content (AvgIpc) is 2.47. The molecular formula is C8H12F3NO2. The van der Waals surface area contributed by atoms with Gasteiger partial charge >= 0.3 is 12.1 Å². The van der Waals surface area contributed by atoms with Crippen molar-refractivity contribution in [2.45, 2.75) is 43.9 Å². The van der Waals surface area contributed by atoms with Gasteiger partial charge in [0.2, 0.25) is 0 Å². The number of hydrogen-bond acceptors (Lipinski definition) is 2. The molecule has 14 heavy (non-hydrogen) atoms. The van der Waals surface area contributed by atoms with Gasteiger partial charge in [-0.25, -0.2) is 0 Å². The molecule has 1 aliphatic heterocycles. The largest absolute Gasteiger partial charge is 0.481 e. The van der Waals surface area contributed by atoms with E-state index in [1.54, 1.807) is 0 Å². The van der Waals surface area contributed by atoms with Crippen LogP contribution in [0.3, 0.4) is 0 Å². The third-order valence-corrected chi connectivity index (χ3v) is 2.34. The molecule has 2 atom stereocenters. The van der Waals surface area contributed by atoms with Crippen molar-refractivity contribution < 1.29 is 23.1 Å². The second kappa shape index (κ2) is 4.16. The molecule has 0 aromatic heterocycles. The molecule has 0 amide bonds. The van der Waals surface area contributed by atoms with Crippen molar-refractivity contribution in [2.24, 2.45) is 0 Å². The molecular weight excluding hydrogens is 199 g/mol. The van der Waals surface area contributed by atoms with Crippen LogP contribution in [0.5, 0.6) is 0 Å². The summed E-state index contributed by atoms with van der Waals surface area (Å²) < 4.78 is 36.5. The quantitative estimate of drug-likeness (QED) is 0.744. The Morgan fingerprint density at radius 2 is 2.07 bits per heavy atom. The zero-order valence-electron chi connectivity index (χ0n) is 7.47. The van der Waals surface area contributed by atoms with Crippen LogP contribution in [0.4, 0.5) is 13.2 Å². The highest BCUT2D eigenvalue weighted by Crippen LogP contribution is 2.29. The Labute approximate surface area is 79.3 Å². The fourth-order valence-electron chi connectivity index (χ4n) is 1.60. The number of halogens is 3. The van der Waals surface area contributed by atoms with Gasteiger partial charge in [-0.2, -0.15) is 13.2 Å². The van der Waals surface area contributed by atoms with Crippen molar-refractivity contribution in [1.82, 2.24) is 5.32 Å². The van der Waals surface area contributed by atoms with E-state index in [-0.39, 0.29) is 25.3 Å². The fraction of sp³-hybridized carbons (Fsp3) is 0.875. The lowest BCUT2D eigenvalue weighted by atomic mass is 10.1. The van der Waals surface area contributed by atoms with Crippen molar-refractivity contribution in [2.75, 3.05) is 0 Å². The van der Waals surface area contributed by atoms with Crippen LogP contribution in [-0.4, -0.2) is 29.3 Å². The zero-order chi connectivity index (χ0) is 10.8. The number of nitrogens with one attached hydrogen (secondary N) is 1. The molecule has 0 aromatic rings. The monoisotopic (exact) mass is 211 g/mol. The standard InChI is InChI=1S/C8H12F3NO2/c9-8(10,11)6-3-1-5(12-6)2-4-7(13)14/h5-6,12H,1-4H2,(H,13,14). The van der Waals surface area contributed by atoms with Crippen molar-refractivity contribution in [3.8, 4) is 0 Å². The zero-order valence-corrected chi connectivity index (χ0v) is 7.47. The van der Waals surface area contributed by atoms with Crippen molar-refractivity contribution in [3.05, 3.63) is 0 Å². The number of carbonyl (C=O) groups is 1. The van der Waals surface area contributed by atoms with Gasteiger partial charge in [0, 0.05) is 12.5 Å². The summed E-state index contributed by atoms with van der Waals surface area (Å²) in [7, 11) is 0. The molecule has 1 aliphatic rings. The first-order valence-electron chi connectivity index (χ1n) is 4.44. The normalized spacial score (nSPS) is 27.9. The molecule has 0 radical (unpaired) electrons. The van der Waals surface area contributed by atoms with Crippen LogP contribution in [0.1, 0.15) is 25.7 Å². The van der Waals surface area contributed by atoms with Gasteiger partial charge < -0.3 is 10.4 Å². The maximum atomic E-state index is 12.2. The second-order valence-electron chi connectivity index (χ2n) is 3.47. The highest BCUT2D eigenvalue weighted by Gasteiger charge is 2.43. The Morgan fingerprint density at radius 3 is 2.50 bits per heavy atom. The van der Waals surface area contributed by atoms with Crippen LogP contribution < -0.4 is 5.32 Å². The lowest BCUT2D eigenvalue weighted by Crippen LogP contribution is -2.40. The van der Waals surface area contributed by atoms with E-state index in [0.29, 0.717) is 6.42 Å². The lowest BCUT2D eigenvalue weighted by Gasteiger charge is -2.16. The van der Waals surface area contributed by atoms with Gasteiger partial charge in [0.15, 0.2) is 0 Å². The first-order chi connectivity index (χ1) is 6.39. The number of carboxylic acid groups (broad SMARTS) is 1. The maximum Gasteiger partial charge on any atom is 0.403 e. The molecule has 1 rings (SSSR count). The predicted octanol–water partition coefficient (Wildman–Crippen LogP) is 1.53. The first-order valence-corrected chi connectivity index (χ1v) is 4.44. The summed E-state index contributed by atoms with van der Waals surface area (Å²) in [5, 5.41) is 10.7. The van der Waals surface area contributed by atoms with Gasteiger partial charge in [0.1, 0.15) is 6.04 Å². The molecule has 0 spiro atoms. The van der Waals surface area contributed by atoms with E-state index < -0.39 is 18.2 Å². The van der Waals surface area contributed by atoms with E-state index in [9.17, 15) is 18.0 Å². The number of aliphatic carboxylic acids is 1. The molecule has 2 unspecified atom stereocenters. The number of alkyl halides is 3. The Hall–Kier alpha value is -0.780. The van der Waals surface area contributed by atoms with E-state index >= 15 is 0 Å². The smallest absolute Gasteiger partial charge is 0.403 e. The maximum absolute atomic E-state index is 12.2. The van der Waals surface area contributed by atoms with Crippen LogP contribution in [-0.2, 0) is 4.79 Å². The molecule has 3 nitrogen and oxygen atoms in total. The molecule has 0 aromatic carbocycles. The summed E-state index contributed by atoms with van der Waals surface area (Å²) in [6, 6.07) is -1.76. The Kier molecular flexibility index (Phi) is 3.36. The molecule has 0 saturated carbocycles. The van der Waals surface area contributed by atoms with Crippen molar-refractivity contribution >= 4 is 5.97 Å². The molecule has 0 aliphatic carbocycles.